The zero-order chi connectivity index (χ0) is 21.9. The Morgan fingerprint density at radius 1 is 1.07 bits per heavy atom. The van der Waals surface area contributed by atoms with Crippen molar-refractivity contribution in [3.8, 4) is 11.3 Å². The van der Waals surface area contributed by atoms with E-state index in [0.717, 1.165) is 29.7 Å². The number of carbonyl (C=O) groups is 2. The Kier molecular flexibility index (Phi) is 9.06. The van der Waals surface area contributed by atoms with Gasteiger partial charge in [-0.2, -0.15) is 0 Å². The molecule has 2 N–H and O–H groups in total. The molecule has 6 heteroatoms. The second-order valence-electron chi connectivity index (χ2n) is 7.34. The number of rotatable bonds is 10. The van der Waals surface area contributed by atoms with E-state index in [1.54, 1.807) is 26.1 Å². The first-order valence-corrected chi connectivity index (χ1v) is 10.4. The van der Waals surface area contributed by atoms with Crippen LogP contribution in [0.2, 0.25) is 0 Å². The van der Waals surface area contributed by atoms with E-state index in [0.29, 0.717) is 12.4 Å². The average Bonchev–Trinajstić information content (AvgIpc) is 2.76. The normalized spacial score (nSPS) is 11.2. The molecule has 2 aromatic rings. The van der Waals surface area contributed by atoms with Gasteiger partial charge in [-0.3, -0.25) is 4.90 Å². The summed E-state index contributed by atoms with van der Waals surface area (Å²) >= 11 is 0. The van der Waals surface area contributed by atoms with E-state index in [4.69, 9.17) is 5.11 Å². The van der Waals surface area contributed by atoms with E-state index >= 15 is 0 Å². The quantitative estimate of drug-likeness (QED) is 0.409. The molecule has 160 valence electrons. The Labute approximate surface area is 178 Å². The summed E-state index contributed by atoms with van der Waals surface area (Å²) in [7, 11) is 1.71. The predicted octanol–water partition coefficient (Wildman–Crippen LogP) is 5.35. The molecule has 0 aliphatic rings. The fourth-order valence-corrected chi connectivity index (χ4v) is 2.98. The van der Waals surface area contributed by atoms with Crippen molar-refractivity contribution in [3.05, 3.63) is 53.6 Å². The number of hydrogen-bond acceptors (Lipinski definition) is 3. The molecule has 30 heavy (non-hydrogen) atoms. The van der Waals surface area contributed by atoms with Crippen LogP contribution < -0.4 is 10.2 Å². The Morgan fingerprint density at radius 3 is 2.43 bits per heavy atom. The van der Waals surface area contributed by atoms with Gasteiger partial charge in [0.15, 0.2) is 0 Å². The lowest BCUT2D eigenvalue weighted by molar-refractivity contribution is -0.132. The van der Waals surface area contributed by atoms with E-state index < -0.39 is 5.97 Å². The maximum Gasteiger partial charge on any atom is 0.331 e. The molecule has 0 bridgehead atoms. The number of carbonyl (C=O) groups excluding carboxylic acids is 1. The molecule has 0 radical (unpaired) electrons. The summed E-state index contributed by atoms with van der Waals surface area (Å²) in [6.45, 7) is 4.41. The molecule has 1 aromatic heterocycles. The zero-order valence-corrected chi connectivity index (χ0v) is 18.0. The maximum absolute atomic E-state index is 12.4. The SMILES string of the molecule is CCCCCCCNC(=O)N(C)c1cccc(-c2ccc(/C=C(\C)C(=O)O)cc2)n1. The third-order valence-corrected chi connectivity index (χ3v) is 4.87. The van der Waals surface area contributed by atoms with Crippen molar-refractivity contribution in [2.45, 2.75) is 46.0 Å². The monoisotopic (exact) mass is 409 g/mol. The summed E-state index contributed by atoms with van der Waals surface area (Å²) in [5, 5.41) is 11.9. The highest BCUT2D eigenvalue weighted by Gasteiger charge is 2.12. The summed E-state index contributed by atoms with van der Waals surface area (Å²) in [5.74, 6) is -0.364. The number of pyridine rings is 1. The van der Waals surface area contributed by atoms with Gasteiger partial charge in [-0.05, 0) is 37.1 Å². The number of amides is 2. The smallest absolute Gasteiger partial charge is 0.331 e. The van der Waals surface area contributed by atoms with Gasteiger partial charge in [0.2, 0.25) is 0 Å². The molecule has 0 aliphatic carbocycles. The second kappa shape index (κ2) is 11.8. The number of nitrogens with one attached hydrogen (secondary N) is 1. The molecule has 0 aliphatic heterocycles. The maximum atomic E-state index is 12.4. The summed E-state index contributed by atoms with van der Waals surface area (Å²) in [6, 6.07) is 12.9. The number of urea groups is 1. The highest BCUT2D eigenvalue weighted by Crippen LogP contribution is 2.21. The van der Waals surface area contributed by atoms with Gasteiger partial charge in [0.1, 0.15) is 5.82 Å². The topological polar surface area (TPSA) is 82.5 Å². The van der Waals surface area contributed by atoms with Crippen LogP contribution in [0, 0.1) is 0 Å². The number of anilines is 1. The van der Waals surface area contributed by atoms with E-state index in [9.17, 15) is 9.59 Å². The van der Waals surface area contributed by atoms with Crippen molar-refractivity contribution in [2.24, 2.45) is 0 Å². The highest BCUT2D eigenvalue weighted by molar-refractivity contribution is 5.91. The predicted molar refractivity (Wildman–Crippen MR) is 122 cm³/mol. The molecular formula is C24H31N3O3. The minimum Gasteiger partial charge on any atom is -0.478 e. The minimum atomic E-state index is -0.935. The largest absolute Gasteiger partial charge is 0.478 e. The van der Waals surface area contributed by atoms with E-state index in [2.05, 4.69) is 17.2 Å². The summed E-state index contributed by atoms with van der Waals surface area (Å²) in [4.78, 5) is 29.5. The molecule has 0 saturated heterocycles. The number of carboxylic acids is 1. The van der Waals surface area contributed by atoms with Gasteiger partial charge in [0.05, 0.1) is 5.69 Å². The lowest BCUT2D eigenvalue weighted by Gasteiger charge is -2.18. The number of hydrogen-bond donors (Lipinski definition) is 2. The Morgan fingerprint density at radius 2 is 1.77 bits per heavy atom. The number of carboxylic acid groups (broad SMARTS) is 1. The van der Waals surface area contributed by atoms with Crippen LogP contribution in [0.15, 0.2) is 48.0 Å². The van der Waals surface area contributed by atoms with Crippen molar-refractivity contribution in [2.75, 3.05) is 18.5 Å². The Balaban J connectivity index is 2.00. The molecule has 0 spiro atoms. The first-order chi connectivity index (χ1) is 14.4. The van der Waals surface area contributed by atoms with Crippen LogP contribution in [0.1, 0.15) is 51.5 Å². The van der Waals surface area contributed by atoms with Crippen molar-refractivity contribution < 1.29 is 14.7 Å². The van der Waals surface area contributed by atoms with Crippen LogP contribution >= 0.6 is 0 Å². The number of nitrogens with zero attached hydrogens (tertiary/aromatic N) is 2. The first-order valence-electron chi connectivity index (χ1n) is 10.4. The van der Waals surface area contributed by atoms with Gasteiger partial charge in [0.25, 0.3) is 0 Å². The Bertz CT molecular complexity index is 876. The number of aliphatic carboxylic acids is 1. The van der Waals surface area contributed by atoms with E-state index in [1.165, 1.54) is 24.2 Å². The molecule has 0 unspecified atom stereocenters. The number of unbranched alkanes of at least 4 members (excludes halogenated alkanes) is 4. The van der Waals surface area contributed by atoms with Gasteiger partial charge in [-0.1, -0.05) is 62.9 Å². The number of benzene rings is 1. The summed E-state index contributed by atoms with van der Waals surface area (Å²) in [6.07, 6.45) is 7.38. The van der Waals surface area contributed by atoms with Crippen molar-refractivity contribution in [1.29, 1.82) is 0 Å². The third kappa shape index (κ3) is 7.03. The number of aromatic nitrogens is 1. The zero-order valence-electron chi connectivity index (χ0n) is 18.0. The fraction of sp³-hybridized carbons (Fsp3) is 0.375. The minimum absolute atomic E-state index is 0.167. The summed E-state index contributed by atoms with van der Waals surface area (Å²) in [5.41, 5.74) is 2.73. The van der Waals surface area contributed by atoms with Crippen LogP contribution in [0.5, 0.6) is 0 Å². The van der Waals surface area contributed by atoms with Gasteiger partial charge >= 0.3 is 12.0 Å². The molecule has 0 fully saturated rings. The summed E-state index contributed by atoms with van der Waals surface area (Å²) < 4.78 is 0. The molecule has 1 aromatic carbocycles. The van der Waals surface area contributed by atoms with Gasteiger partial charge in [-0.15, -0.1) is 0 Å². The van der Waals surface area contributed by atoms with Gasteiger partial charge < -0.3 is 10.4 Å². The van der Waals surface area contributed by atoms with Crippen molar-refractivity contribution in [1.82, 2.24) is 10.3 Å². The van der Waals surface area contributed by atoms with Crippen molar-refractivity contribution in [3.63, 3.8) is 0 Å². The molecule has 2 rings (SSSR count). The molecule has 2 amide bonds. The fourth-order valence-electron chi connectivity index (χ4n) is 2.98. The molecule has 0 atom stereocenters. The van der Waals surface area contributed by atoms with Gasteiger partial charge in [0, 0.05) is 24.7 Å². The third-order valence-electron chi connectivity index (χ3n) is 4.87. The average molecular weight is 410 g/mol. The highest BCUT2D eigenvalue weighted by atomic mass is 16.4. The lowest BCUT2D eigenvalue weighted by atomic mass is 10.1. The molecule has 0 saturated carbocycles. The van der Waals surface area contributed by atoms with Crippen LogP contribution in [-0.2, 0) is 4.79 Å². The van der Waals surface area contributed by atoms with Crippen LogP contribution in [0.4, 0.5) is 10.6 Å². The lowest BCUT2D eigenvalue weighted by Crippen LogP contribution is -2.38. The standard InChI is InChI=1S/C24H31N3O3/c1-4-5-6-7-8-16-25-24(30)27(3)22-11-9-10-21(26-22)20-14-12-19(13-15-20)17-18(2)23(28)29/h9-15,17H,4-8,16H2,1-3H3,(H,25,30)(H,28,29)/b18-17+. The van der Waals surface area contributed by atoms with Gasteiger partial charge in [-0.25, -0.2) is 14.6 Å². The molecule has 1 heterocycles. The Hall–Kier alpha value is -3.15. The first kappa shape index (κ1) is 23.1. The van der Waals surface area contributed by atoms with E-state index in [1.807, 2.05) is 36.4 Å². The molecule has 6 nitrogen and oxygen atoms in total. The second-order valence-corrected chi connectivity index (χ2v) is 7.34. The molecular weight excluding hydrogens is 378 g/mol. The van der Waals surface area contributed by atoms with E-state index in [-0.39, 0.29) is 11.6 Å². The van der Waals surface area contributed by atoms with Crippen LogP contribution in [0.3, 0.4) is 0 Å². The van der Waals surface area contributed by atoms with Crippen LogP contribution in [0.25, 0.3) is 17.3 Å². The van der Waals surface area contributed by atoms with Crippen LogP contribution in [-0.4, -0.2) is 35.7 Å². The van der Waals surface area contributed by atoms with Crippen molar-refractivity contribution >= 4 is 23.9 Å².